The Labute approximate surface area is 113 Å². The average molecular weight is 261 g/mol. The van der Waals surface area contributed by atoms with Crippen LogP contribution in [0.15, 0.2) is 18.3 Å². The van der Waals surface area contributed by atoms with Crippen molar-refractivity contribution in [1.29, 1.82) is 5.26 Å². The van der Waals surface area contributed by atoms with Crippen LogP contribution in [-0.2, 0) is 11.3 Å². The minimum atomic E-state index is -0.385. The van der Waals surface area contributed by atoms with Gasteiger partial charge in [-0.1, -0.05) is 6.92 Å². The van der Waals surface area contributed by atoms with Gasteiger partial charge in [0, 0.05) is 19.3 Å². The highest BCUT2D eigenvalue weighted by Gasteiger charge is 2.10. The van der Waals surface area contributed by atoms with Crippen LogP contribution >= 0.6 is 0 Å². The number of hydrogen-bond donors (Lipinski definition) is 0. The molecule has 0 aromatic carbocycles. The number of rotatable bonds is 6. The van der Waals surface area contributed by atoms with Gasteiger partial charge >= 0.3 is 5.97 Å². The molecule has 0 aliphatic rings. The lowest BCUT2D eigenvalue weighted by Gasteiger charge is -2.20. The molecule has 0 saturated carbocycles. The Morgan fingerprint density at radius 2 is 2.32 bits per heavy atom. The number of aromatic nitrogens is 1. The van der Waals surface area contributed by atoms with Gasteiger partial charge in [-0.15, -0.1) is 0 Å². The lowest BCUT2D eigenvalue weighted by atomic mass is 10.2. The summed E-state index contributed by atoms with van der Waals surface area (Å²) in [6.07, 6.45) is 1.52. The molecule has 1 heterocycles. The third kappa shape index (κ3) is 4.68. The van der Waals surface area contributed by atoms with Crippen LogP contribution in [0.25, 0.3) is 0 Å². The Morgan fingerprint density at radius 1 is 1.58 bits per heavy atom. The number of nitriles is 1. The molecule has 19 heavy (non-hydrogen) atoms. The summed E-state index contributed by atoms with van der Waals surface area (Å²) >= 11 is 0. The van der Waals surface area contributed by atoms with Crippen molar-refractivity contribution in [2.75, 3.05) is 20.2 Å². The van der Waals surface area contributed by atoms with Crippen molar-refractivity contribution in [3.05, 3.63) is 29.6 Å². The number of carbonyl (C=O) groups is 1. The molecule has 0 bridgehead atoms. The summed E-state index contributed by atoms with van der Waals surface area (Å²) in [4.78, 5) is 17.7. The number of ether oxygens (including phenoxy) is 1. The minimum absolute atomic E-state index is 0.00528. The van der Waals surface area contributed by atoms with Gasteiger partial charge in [-0.2, -0.15) is 5.26 Å². The molecule has 1 aromatic rings. The summed E-state index contributed by atoms with van der Waals surface area (Å²) in [7, 11) is 1.35. The van der Waals surface area contributed by atoms with Crippen molar-refractivity contribution in [1.82, 2.24) is 9.88 Å². The van der Waals surface area contributed by atoms with Gasteiger partial charge in [0.1, 0.15) is 0 Å². The molecule has 1 rings (SSSR count). The third-order valence-electron chi connectivity index (χ3n) is 2.83. The first kappa shape index (κ1) is 15.1. The van der Waals surface area contributed by atoms with Gasteiger partial charge < -0.3 is 4.74 Å². The Hall–Kier alpha value is -1.93. The highest BCUT2D eigenvalue weighted by molar-refractivity contribution is 5.88. The predicted octanol–water partition coefficient (Wildman–Crippen LogP) is 1.85. The van der Waals surface area contributed by atoms with E-state index in [1.165, 1.54) is 13.3 Å². The Bertz CT molecular complexity index is 451. The van der Waals surface area contributed by atoms with E-state index in [1.54, 1.807) is 6.07 Å². The summed E-state index contributed by atoms with van der Waals surface area (Å²) in [6, 6.07) is 5.74. The van der Waals surface area contributed by atoms with Crippen LogP contribution in [0.5, 0.6) is 0 Å². The molecular formula is C14H19N3O2. The Kier molecular flexibility index (Phi) is 5.97. The zero-order valence-corrected chi connectivity index (χ0v) is 11.6. The highest BCUT2D eigenvalue weighted by Crippen LogP contribution is 2.07. The van der Waals surface area contributed by atoms with Crippen molar-refractivity contribution in [2.45, 2.75) is 20.4 Å². The standard InChI is InChI=1S/C14H19N3O2/c1-4-17(9-11(2)7-15)10-13-6-5-12(8-16-13)14(18)19-3/h5-6,8,11H,4,9-10H2,1-3H3. The number of nitrogens with zero attached hydrogens (tertiary/aromatic N) is 3. The van der Waals surface area contributed by atoms with Crippen LogP contribution in [-0.4, -0.2) is 36.1 Å². The molecule has 0 saturated heterocycles. The third-order valence-corrected chi connectivity index (χ3v) is 2.83. The van der Waals surface area contributed by atoms with Crippen molar-refractivity contribution >= 4 is 5.97 Å². The van der Waals surface area contributed by atoms with E-state index < -0.39 is 0 Å². The average Bonchev–Trinajstić information content (AvgIpc) is 2.46. The predicted molar refractivity (Wildman–Crippen MR) is 71.3 cm³/mol. The molecule has 1 unspecified atom stereocenters. The smallest absolute Gasteiger partial charge is 0.339 e. The fourth-order valence-corrected chi connectivity index (χ4v) is 1.72. The lowest BCUT2D eigenvalue weighted by molar-refractivity contribution is 0.0600. The first-order valence-electron chi connectivity index (χ1n) is 6.25. The van der Waals surface area contributed by atoms with Crippen molar-refractivity contribution in [3.8, 4) is 6.07 Å². The maximum atomic E-state index is 11.3. The summed E-state index contributed by atoms with van der Waals surface area (Å²) in [5, 5.41) is 8.83. The molecular weight excluding hydrogens is 242 g/mol. The number of carbonyl (C=O) groups excluding carboxylic acids is 1. The van der Waals surface area contributed by atoms with Gasteiger partial charge in [0.2, 0.25) is 0 Å². The second-order valence-corrected chi connectivity index (χ2v) is 4.39. The first-order chi connectivity index (χ1) is 9.10. The fraction of sp³-hybridized carbons (Fsp3) is 0.500. The maximum absolute atomic E-state index is 11.3. The lowest BCUT2D eigenvalue weighted by Crippen LogP contribution is -2.28. The molecule has 0 radical (unpaired) electrons. The molecule has 1 aromatic heterocycles. The van der Waals surface area contributed by atoms with Gasteiger partial charge in [-0.3, -0.25) is 9.88 Å². The van der Waals surface area contributed by atoms with Gasteiger partial charge in [-0.05, 0) is 25.6 Å². The quantitative estimate of drug-likeness (QED) is 0.731. The molecule has 0 spiro atoms. The van der Waals surface area contributed by atoms with Crippen LogP contribution in [0.3, 0.4) is 0 Å². The zero-order valence-electron chi connectivity index (χ0n) is 11.6. The van der Waals surface area contributed by atoms with Crippen molar-refractivity contribution in [3.63, 3.8) is 0 Å². The van der Waals surface area contributed by atoms with Gasteiger partial charge in [0.15, 0.2) is 0 Å². The molecule has 0 fully saturated rings. The molecule has 0 aliphatic heterocycles. The monoisotopic (exact) mass is 261 g/mol. The molecule has 102 valence electrons. The number of methoxy groups -OCH3 is 1. The molecule has 0 amide bonds. The first-order valence-corrected chi connectivity index (χ1v) is 6.25. The van der Waals surface area contributed by atoms with Crippen molar-refractivity contribution < 1.29 is 9.53 Å². The van der Waals surface area contributed by atoms with E-state index in [0.29, 0.717) is 18.7 Å². The molecule has 0 aliphatic carbocycles. The van der Waals surface area contributed by atoms with E-state index in [9.17, 15) is 4.79 Å². The normalized spacial score (nSPS) is 11.9. The van der Waals surface area contributed by atoms with E-state index in [2.05, 4.69) is 20.7 Å². The minimum Gasteiger partial charge on any atom is -0.465 e. The SMILES string of the molecule is CCN(Cc1ccc(C(=O)OC)cn1)CC(C)C#N. The van der Waals surface area contributed by atoms with Gasteiger partial charge in [-0.25, -0.2) is 4.79 Å². The second-order valence-electron chi connectivity index (χ2n) is 4.39. The number of esters is 1. The van der Waals surface area contributed by atoms with Crippen molar-refractivity contribution in [2.24, 2.45) is 5.92 Å². The fourth-order valence-electron chi connectivity index (χ4n) is 1.72. The van der Waals surface area contributed by atoms with E-state index in [-0.39, 0.29) is 11.9 Å². The second kappa shape index (κ2) is 7.49. The molecule has 5 heteroatoms. The summed E-state index contributed by atoms with van der Waals surface area (Å²) in [5.74, 6) is -0.390. The molecule has 1 atom stereocenters. The van der Waals surface area contributed by atoms with E-state index in [4.69, 9.17) is 5.26 Å². The van der Waals surface area contributed by atoms with Crippen LogP contribution in [0.4, 0.5) is 0 Å². The largest absolute Gasteiger partial charge is 0.465 e. The van der Waals surface area contributed by atoms with E-state index in [1.807, 2.05) is 19.9 Å². The van der Waals surface area contributed by atoms with Crippen LogP contribution in [0.1, 0.15) is 29.9 Å². The van der Waals surface area contributed by atoms with Crippen LogP contribution < -0.4 is 0 Å². The van der Waals surface area contributed by atoms with Gasteiger partial charge in [0.25, 0.3) is 0 Å². The summed E-state index contributed by atoms with van der Waals surface area (Å²) in [6.45, 7) is 6.19. The van der Waals surface area contributed by atoms with E-state index >= 15 is 0 Å². The van der Waals surface area contributed by atoms with Crippen LogP contribution in [0, 0.1) is 17.2 Å². The van der Waals surface area contributed by atoms with Crippen LogP contribution in [0.2, 0.25) is 0 Å². The molecule has 5 nitrogen and oxygen atoms in total. The maximum Gasteiger partial charge on any atom is 0.339 e. The summed E-state index contributed by atoms with van der Waals surface area (Å²) < 4.78 is 4.62. The number of hydrogen-bond acceptors (Lipinski definition) is 5. The summed E-state index contributed by atoms with van der Waals surface area (Å²) in [5.41, 5.74) is 1.32. The highest BCUT2D eigenvalue weighted by atomic mass is 16.5. The zero-order chi connectivity index (χ0) is 14.3. The Morgan fingerprint density at radius 3 is 2.79 bits per heavy atom. The molecule has 0 N–H and O–H groups in total. The van der Waals surface area contributed by atoms with Gasteiger partial charge in [0.05, 0.1) is 30.4 Å². The Balaban J connectivity index is 2.66. The number of pyridine rings is 1. The topological polar surface area (TPSA) is 66.2 Å². The van der Waals surface area contributed by atoms with E-state index in [0.717, 1.165) is 12.2 Å².